The average molecular weight is 365 g/mol. The minimum Gasteiger partial charge on any atom is -0.485 e. The number of aromatic nitrogens is 2. The molecule has 3 rings (SSSR count). The number of imidazole rings is 1. The van der Waals surface area contributed by atoms with Crippen molar-refractivity contribution in [1.29, 1.82) is 0 Å². The van der Waals surface area contributed by atoms with Gasteiger partial charge in [0.05, 0.1) is 11.0 Å². The predicted molar refractivity (Wildman–Crippen MR) is 108 cm³/mol. The van der Waals surface area contributed by atoms with Crippen LogP contribution in [0.5, 0.6) is 5.75 Å². The van der Waals surface area contributed by atoms with Crippen molar-refractivity contribution in [2.24, 2.45) is 0 Å². The monoisotopic (exact) mass is 365 g/mol. The number of hydrogen-bond donors (Lipinski definition) is 1. The quantitative estimate of drug-likeness (QED) is 0.684. The fourth-order valence-electron chi connectivity index (χ4n) is 2.98. The van der Waals surface area contributed by atoms with Crippen molar-refractivity contribution in [1.82, 2.24) is 14.9 Å². The van der Waals surface area contributed by atoms with E-state index in [1.807, 2.05) is 61.7 Å². The molecule has 1 aromatic heterocycles. The van der Waals surface area contributed by atoms with Gasteiger partial charge >= 0.3 is 0 Å². The predicted octanol–water partition coefficient (Wildman–Crippen LogP) is 4.15. The van der Waals surface area contributed by atoms with Crippen molar-refractivity contribution in [2.45, 2.75) is 53.3 Å². The molecule has 142 valence electrons. The number of carbonyl (C=O) groups excluding carboxylic acids is 1. The molecular weight excluding hydrogens is 338 g/mol. The third kappa shape index (κ3) is 4.48. The summed E-state index contributed by atoms with van der Waals surface area (Å²) < 4.78 is 7.99. The summed E-state index contributed by atoms with van der Waals surface area (Å²) in [7, 11) is 0. The topological polar surface area (TPSA) is 56.2 Å². The smallest absolute Gasteiger partial charge is 0.240 e. The number of nitrogens with zero attached hydrogens (tertiary/aromatic N) is 2. The van der Waals surface area contributed by atoms with Gasteiger partial charge < -0.3 is 14.6 Å². The van der Waals surface area contributed by atoms with E-state index in [0.717, 1.165) is 40.2 Å². The molecule has 1 heterocycles. The van der Waals surface area contributed by atoms with Gasteiger partial charge in [0.2, 0.25) is 5.91 Å². The molecule has 1 unspecified atom stereocenters. The Balaban J connectivity index is 1.85. The molecule has 0 saturated carbocycles. The highest BCUT2D eigenvalue weighted by molar-refractivity contribution is 5.81. The van der Waals surface area contributed by atoms with E-state index in [1.165, 1.54) is 0 Å². The molecule has 1 atom stereocenters. The maximum absolute atomic E-state index is 12.4. The van der Waals surface area contributed by atoms with Crippen LogP contribution >= 0.6 is 0 Å². The van der Waals surface area contributed by atoms with Gasteiger partial charge in [0.25, 0.3) is 0 Å². The zero-order valence-corrected chi connectivity index (χ0v) is 16.5. The minimum absolute atomic E-state index is 0.0134. The van der Waals surface area contributed by atoms with Crippen LogP contribution in [0.4, 0.5) is 0 Å². The van der Waals surface area contributed by atoms with Gasteiger partial charge in [-0.15, -0.1) is 0 Å². The minimum atomic E-state index is -0.0134. The first kappa shape index (κ1) is 19.0. The molecule has 0 aliphatic rings. The van der Waals surface area contributed by atoms with Crippen molar-refractivity contribution in [2.75, 3.05) is 0 Å². The lowest BCUT2D eigenvalue weighted by Gasteiger charge is -2.14. The van der Waals surface area contributed by atoms with Crippen LogP contribution in [0.15, 0.2) is 42.5 Å². The molecule has 5 nitrogen and oxygen atoms in total. The molecule has 0 saturated heterocycles. The highest BCUT2D eigenvalue weighted by Crippen LogP contribution is 2.22. The first-order chi connectivity index (χ1) is 13.0. The van der Waals surface area contributed by atoms with E-state index >= 15 is 0 Å². The van der Waals surface area contributed by atoms with Gasteiger partial charge in [-0.1, -0.05) is 31.2 Å². The Morgan fingerprint density at radius 2 is 2.00 bits per heavy atom. The summed E-state index contributed by atoms with van der Waals surface area (Å²) in [4.78, 5) is 17.1. The molecule has 27 heavy (non-hydrogen) atoms. The molecule has 3 aromatic rings. The van der Waals surface area contributed by atoms with E-state index in [4.69, 9.17) is 9.72 Å². The number of rotatable bonds is 7. The maximum atomic E-state index is 12.4. The first-order valence-electron chi connectivity index (χ1n) is 9.41. The molecular formula is C22H27N3O2. The van der Waals surface area contributed by atoms with Gasteiger partial charge in [0.1, 0.15) is 24.7 Å². The van der Waals surface area contributed by atoms with Gasteiger partial charge in [-0.3, -0.25) is 4.79 Å². The SMILES string of the molecule is CCC(C)NC(=O)Cn1c(COc2cc(C)ccc2C)nc2ccccc21. The van der Waals surface area contributed by atoms with Crippen LogP contribution in [0.3, 0.4) is 0 Å². The number of amides is 1. The first-order valence-corrected chi connectivity index (χ1v) is 9.41. The van der Waals surface area contributed by atoms with E-state index in [9.17, 15) is 4.79 Å². The maximum Gasteiger partial charge on any atom is 0.240 e. The fraction of sp³-hybridized carbons (Fsp3) is 0.364. The van der Waals surface area contributed by atoms with Crippen molar-refractivity contribution in [3.8, 4) is 5.75 Å². The lowest BCUT2D eigenvalue weighted by Crippen LogP contribution is -2.35. The van der Waals surface area contributed by atoms with Crippen LogP contribution in [0.1, 0.15) is 37.2 Å². The standard InChI is InChI=1S/C22H27N3O2/c1-5-17(4)23-22(26)13-25-19-9-7-6-8-18(19)24-21(25)14-27-20-12-15(2)10-11-16(20)3/h6-12,17H,5,13-14H2,1-4H3,(H,23,26). The lowest BCUT2D eigenvalue weighted by atomic mass is 10.1. The molecule has 2 aromatic carbocycles. The highest BCUT2D eigenvalue weighted by atomic mass is 16.5. The molecule has 0 spiro atoms. The summed E-state index contributed by atoms with van der Waals surface area (Å²) in [6.07, 6.45) is 0.902. The van der Waals surface area contributed by atoms with Gasteiger partial charge in [-0.2, -0.15) is 0 Å². The van der Waals surface area contributed by atoms with Gasteiger partial charge in [-0.25, -0.2) is 4.98 Å². The molecule has 0 bridgehead atoms. The molecule has 0 aliphatic carbocycles. The Labute approximate surface area is 160 Å². The van der Waals surface area contributed by atoms with Crippen LogP contribution < -0.4 is 10.1 Å². The van der Waals surface area contributed by atoms with Crippen molar-refractivity contribution >= 4 is 16.9 Å². The Kier molecular flexibility index (Phi) is 5.79. The van der Waals surface area contributed by atoms with Crippen molar-refractivity contribution < 1.29 is 9.53 Å². The van der Waals surface area contributed by atoms with Crippen molar-refractivity contribution in [3.05, 3.63) is 59.4 Å². The van der Waals surface area contributed by atoms with E-state index in [2.05, 4.69) is 18.3 Å². The fourth-order valence-corrected chi connectivity index (χ4v) is 2.98. The average Bonchev–Trinajstić information content (AvgIpc) is 3.00. The Morgan fingerprint density at radius 1 is 1.22 bits per heavy atom. The Morgan fingerprint density at radius 3 is 2.78 bits per heavy atom. The number of ether oxygens (including phenoxy) is 1. The van der Waals surface area contributed by atoms with Crippen LogP contribution in [0.25, 0.3) is 11.0 Å². The summed E-state index contributed by atoms with van der Waals surface area (Å²) in [5.74, 6) is 1.58. The summed E-state index contributed by atoms with van der Waals surface area (Å²) >= 11 is 0. The Bertz CT molecular complexity index is 946. The number of para-hydroxylation sites is 2. The number of nitrogens with one attached hydrogen (secondary N) is 1. The van der Waals surface area contributed by atoms with Crippen LogP contribution in [-0.2, 0) is 17.9 Å². The summed E-state index contributed by atoms with van der Waals surface area (Å²) in [6.45, 7) is 8.68. The number of fused-ring (bicyclic) bond motifs is 1. The lowest BCUT2D eigenvalue weighted by molar-refractivity contribution is -0.122. The second-order valence-corrected chi connectivity index (χ2v) is 7.04. The number of hydrogen-bond acceptors (Lipinski definition) is 3. The number of aryl methyl sites for hydroxylation is 2. The summed E-state index contributed by atoms with van der Waals surface area (Å²) in [5, 5.41) is 3.02. The van der Waals surface area contributed by atoms with Crippen LogP contribution in [0.2, 0.25) is 0 Å². The van der Waals surface area contributed by atoms with E-state index in [0.29, 0.717) is 6.61 Å². The van der Waals surface area contributed by atoms with Gasteiger partial charge in [0.15, 0.2) is 0 Å². The van der Waals surface area contributed by atoms with E-state index < -0.39 is 0 Å². The van der Waals surface area contributed by atoms with Crippen LogP contribution in [-0.4, -0.2) is 21.5 Å². The molecule has 0 fully saturated rings. The molecule has 0 radical (unpaired) electrons. The summed E-state index contributed by atoms with van der Waals surface area (Å²) in [5.41, 5.74) is 4.04. The van der Waals surface area contributed by atoms with Crippen LogP contribution in [0, 0.1) is 13.8 Å². The largest absolute Gasteiger partial charge is 0.485 e. The molecule has 1 amide bonds. The van der Waals surface area contributed by atoms with E-state index in [-0.39, 0.29) is 18.5 Å². The molecule has 5 heteroatoms. The van der Waals surface area contributed by atoms with Crippen molar-refractivity contribution in [3.63, 3.8) is 0 Å². The number of carbonyl (C=O) groups is 1. The zero-order valence-electron chi connectivity index (χ0n) is 16.5. The second kappa shape index (κ2) is 8.25. The third-order valence-electron chi connectivity index (χ3n) is 4.76. The third-order valence-corrected chi connectivity index (χ3v) is 4.76. The normalized spacial score (nSPS) is 12.1. The highest BCUT2D eigenvalue weighted by Gasteiger charge is 2.15. The van der Waals surface area contributed by atoms with Gasteiger partial charge in [0, 0.05) is 6.04 Å². The molecule has 1 N–H and O–H groups in total. The summed E-state index contributed by atoms with van der Waals surface area (Å²) in [6, 6.07) is 14.2. The Hall–Kier alpha value is -2.82. The zero-order chi connectivity index (χ0) is 19.4. The number of benzene rings is 2. The van der Waals surface area contributed by atoms with E-state index in [1.54, 1.807) is 0 Å². The molecule has 0 aliphatic heterocycles. The second-order valence-electron chi connectivity index (χ2n) is 7.04. The van der Waals surface area contributed by atoms with Gasteiger partial charge in [-0.05, 0) is 56.5 Å².